The first-order valence-corrected chi connectivity index (χ1v) is 7.84. The van der Waals surface area contributed by atoms with E-state index in [2.05, 4.69) is 5.32 Å². The normalized spacial score (nSPS) is 19.8. The third-order valence-corrected chi connectivity index (χ3v) is 4.48. The molecule has 5 nitrogen and oxygen atoms in total. The van der Waals surface area contributed by atoms with Crippen molar-refractivity contribution >= 4 is 41.5 Å². The van der Waals surface area contributed by atoms with Crippen LogP contribution in [0, 0.1) is 11.8 Å². The van der Waals surface area contributed by atoms with Crippen molar-refractivity contribution in [2.75, 3.05) is 26.0 Å². The predicted octanol–water partition coefficient (Wildman–Crippen LogP) is 2.78. The van der Waals surface area contributed by atoms with Crippen molar-refractivity contribution in [1.82, 2.24) is 4.90 Å². The fraction of sp³-hybridized carbons (Fsp3) is 0.500. The number of nitrogens with two attached hydrogens (primary N) is 1. The van der Waals surface area contributed by atoms with Crippen molar-refractivity contribution in [2.45, 2.75) is 19.3 Å². The van der Waals surface area contributed by atoms with Gasteiger partial charge in [-0.25, -0.2) is 0 Å². The van der Waals surface area contributed by atoms with Crippen LogP contribution >= 0.6 is 24.0 Å². The maximum atomic E-state index is 12.3. The number of nitrogens with one attached hydrogen (secondary N) is 1. The molecule has 1 aromatic carbocycles. The highest BCUT2D eigenvalue weighted by Crippen LogP contribution is 2.32. The quantitative estimate of drug-likeness (QED) is 0.867. The van der Waals surface area contributed by atoms with Gasteiger partial charge in [-0.3, -0.25) is 9.59 Å². The summed E-state index contributed by atoms with van der Waals surface area (Å²) in [6.07, 6.45) is 2.92. The first kappa shape index (κ1) is 19.7. The minimum atomic E-state index is -0.165. The van der Waals surface area contributed by atoms with E-state index in [4.69, 9.17) is 17.3 Å². The Labute approximate surface area is 148 Å². The van der Waals surface area contributed by atoms with Crippen molar-refractivity contribution in [1.29, 1.82) is 0 Å². The van der Waals surface area contributed by atoms with Crippen molar-refractivity contribution < 1.29 is 9.59 Å². The van der Waals surface area contributed by atoms with E-state index in [1.54, 1.807) is 32.3 Å². The molecule has 2 rings (SSSR count). The molecule has 1 aliphatic rings. The molecule has 23 heavy (non-hydrogen) atoms. The largest absolute Gasteiger partial charge is 0.345 e. The van der Waals surface area contributed by atoms with Crippen LogP contribution in [0.2, 0.25) is 5.02 Å². The lowest BCUT2D eigenvalue weighted by Crippen LogP contribution is -2.29. The molecule has 0 heterocycles. The zero-order valence-electron chi connectivity index (χ0n) is 13.3. The minimum absolute atomic E-state index is 0. The van der Waals surface area contributed by atoms with Crippen molar-refractivity contribution in [3.8, 4) is 0 Å². The Bertz CT molecular complexity index is 578. The molecule has 0 aliphatic heterocycles. The van der Waals surface area contributed by atoms with Crippen LogP contribution < -0.4 is 11.1 Å². The van der Waals surface area contributed by atoms with Gasteiger partial charge >= 0.3 is 0 Å². The summed E-state index contributed by atoms with van der Waals surface area (Å²) in [5.41, 5.74) is 6.74. The smallest absolute Gasteiger partial charge is 0.254 e. The van der Waals surface area contributed by atoms with Gasteiger partial charge in [0, 0.05) is 25.7 Å². The number of halogens is 2. The molecule has 0 saturated heterocycles. The second kappa shape index (κ2) is 8.52. The summed E-state index contributed by atoms with van der Waals surface area (Å²) in [5.74, 6) is 0.0366. The van der Waals surface area contributed by atoms with E-state index in [0.717, 1.165) is 19.3 Å². The zero-order valence-corrected chi connectivity index (χ0v) is 14.9. The second-order valence-electron chi connectivity index (χ2n) is 5.92. The molecular formula is C16H23Cl2N3O2. The summed E-state index contributed by atoms with van der Waals surface area (Å²) >= 11 is 6.15. The third kappa shape index (κ3) is 4.59. The molecule has 0 spiro atoms. The number of benzene rings is 1. The van der Waals surface area contributed by atoms with Crippen molar-refractivity contribution in [3.05, 3.63) is 28.8 Å². The van der Waals surface area contributed by atoms with Crippen molar-refractivity contribution in [2.24, 2.45) is 17.6 Å². The van der Waals surface area contributed by atoms with Crippen LogP contribution in [0.25, 0.3) is 0 Å². The molecule has 7 heteroatoms. The summed E-state index contributed by atoms with van der Waals surface area (Å²) in [7, 11) is 3.34. The summed E-state index contributed by atoms with van der Waals surface area (Å²) in [6.45, 7) is 0.537. The van der Waals surface area contributed by atoms with Crippen LogP contribution in [0.3, 0.4) is 0 Å². The first-order chi connectivity index (χ1) is 10.4. The molecule has 1 fully saturated rings. The number of amides is 2. The van der Waals surface area contributed by atoms with Crippen molar-refractivity contribution in [3.63, 3.8) is 0 Å². The van der Waals surface area contributed by atoms with Crippen LogP contribution in [-0.4, -0.2) is 37.4 Å². The lowest BCUT2D eigenvalue weighted by atomic mass is 9.95. The van der Waals surface area contributed by atoms with Gasteiger partial charge in [0.2, 0.25) is 5.91 Å². The summed E-state index contributed by atoms with van der Waals surface area (Å²) < 4.78 is 0. The molecule has 2 amide bonds. The molecule has 1 aliphatic carbocycles. The standard InChI is InChI=1S/C16H22ClN3O2.ClH/c1-20(2)16(22)13-7-6-11(8-14(13)17)19-15(21)12-5-3-4-10(12)9-18;/h6-8,10,12H,3-5,9,18H2,1-2H3,(H,19,21);1H/t10-,12-;/m1./s1. The Balaban J connectivity index is 0.00000264. The zero-order chi connectivity index (χ0) is 16.3. The summed E-state index contributed by atoms with van der Waals surface area (Å²) in [6, 6.07) is 4.95. The number of rotatable bonds is 4. The van der Waals surface area contributed by atoms with Crippen LogP contribution in [0.4, 0.5) is 5.69 Å². The molecule has 0 aromatic heterocycles. The van der Waals surface area contributed by atoms with Gasteiger partial charge in [-0.2, -0.15) is 0 Å². The molecule has 1 aromatic rings. The number of carbonyl (C=O) groups is 2. The van der Waals surface area contributed by atoms with Gasteiger partial charge in [-0.1, -0.05) is 18.0 Å². The Morgan fingerprint density at radius 1 is 1.35 bits per heavy atom. The summed E-state index contributed by atoms with van der Waals surface area (Å²) in [4.78, 5) is 25.7. The molecular weight excluding hydrogens is 337 g/mol. The Morgan fingerprint density at radius 2 is 2.04 bits per heavy atom. The Kier molecular flexibility index (Phi) is 7.32. The number of hydrogen-bond donors (Lipinski definition) is 2. The van der Waals surface area contributed by atoms with E-state index in [1.165, 1.54) is 4.90 Å². The highest BCUT2D eigenvalue weighted by atomic mass is 35.5. The average molecular weight is 360 g/mol. The van der Waals surface area contributed by atoms with Gasteiger partial charge in [0.15, 0.2) is 0 Å². The van der Waals surface area contributed by atoms with Gasteiger partial charge in [0.05, 0.1) is 10.6 Å². The van der Waals surface area contributed by atoms with Crippen LogP contribution in [0.5, 0.6) is 0 Å². The SMILES string of the molecule is CN(C)C(=O)c1ccc(NC(=O)[C@@H]2CCC[C@@H]2CN)cc1Cl.Cl. The van der Waals surface area contributed by atoms with Crippen LogP contribution in [0.1, 0.15) is 29.6 Å². The van der Waals surface area contributed by atoms with Crippen LogP contribution in [0.15, 0.2) is 18.2 Å². The maximum Gasteiger partial charge on any atom is 0.254 e. The van der Waals surface area contributed by atoms with Gasteiger partial charge < -0.3 is 16.0 Å². The van der Waals surface area contributed by atoms with E-state index >= 15 is 0 Å². The maximum absolute atomic E-state index is 12.3. The lowest BCUT2D eigenvalue weighted by Gasteiger charge is -2.18. The number of nitrogens with zero attached hydrogens (tertiary/aromatic N) is 1. The highest BCUT2D eigenvalue weighted by Gasteiger charge is 2.31. The van der Waals surface area contributed by atoms with Crippen LogP contribution in [-0.2, 0) is 4.79 Å². The number of carbonyl (C=O) groups excluding carboxylic acids is 2. The molecule has 0 radical (unpaired) electrons. The fourth-order valence-electron chi connectivity index (χ4n) is 2.91. The Morgan fingerprint density at radius 3 is 2.61 bits per heavy atom. The average Bonchev–Trinajstić information content (AvgIpc) is 2.95. The highest BCUT2D eigenvalue weighted by molar-refractivity contribution is 6.34. The molecule has 2 atom stereocenters. The van der Waals surface area contributed by atoms with E-state index in [0.29, 0.717) is 22.8 Å². The summed E-state index contributed by atoms with van der Waals surface area (Å²) in [5, 5.41) is 3.21. The molecule has 1 saturated carbocycles. The molecule has 128 valence electrons. The molecule has 0 bridgehead atoms. The second-order valence-corrected chi connectivity index (χ2v) is 6.32. The predicted molar refractivity (Wildman–Crippen MR) is 95.2 cm³/mol. The fourth-order valence-corrected chi connectivity index (χ4v) is 3.17. The third-order valence-electron chi connectivity index (χ3n) is 4.17. The van der Waals surface area contributed by atoms with Gasteiger partial charge in [0.25, 0.3) is 5.91 Å². The number of hydrogen-bond acceptors (Lipinski definition) is 3. The Hall–Kier alpha value is -1.30. The topological polar surface area (TPSA) is 75.4 Å². The number of anilines is 1. The van der Waals surface area contributed by atoms with E-state index in [1.807, 2.05) is 0 Å². The van der Waals surface area contributed by atoms with E-state index < -0.39 is 0 Å². The lowest BCUT2D eigenvalue weighted by molar-refractivity contribution is -0.120. The molecule has 3 N–H and O–H groups in total. The van der Waals surface area contributed by atoms with E-state index in [-0.39, 0.29) is 36.1 Å². The van der Waals surface area contributed by atoms with Gasteiger partial charge in [-0.15, -0.1) is 12.4 Å². The molecule has 0 unspecified atom stereocenters. The monoisotopic (exact) mass is 359 g/mol. The van der Waals surface area contributed by atoms with Gasteiger partial charge in [0.1, 0.15) is 0 Å². The van der Waals surface area contributed by atoms with E-state index in [9.17, 15) is 9.59 Å². The van der Waals surface area contributed by atoms with Gasteiger partial charge in [-0.05, 0) is 43.5 Å². The first-order valence-electron chi connectivity index (χ1n) is 7.46. The minimum Gasteiger partial charge on any atom is -0.345 e.